The molecule has 0 saturated carbocycles. The Bertz CT molecular complexity index is 470. The summed E-state index contributed by atoms with van der Waals surface area (Å²) in [6, 6.07) is 4.32. The van der Waals surface area contributed by atoms with E-state index in [9.17, 15) is 17.4 Å². The van der Waals surface area contributed by atoms with Gasteiger partial charge in [0.1, 0.15) is 0 Å². The fourth-order valence-electron chi connectivity index (χ4n) is 0.999. The van der Waals surface area contributed by atoms with E-state index in [1.807, 2.05) is 0 Å². The highest BCUT2D eigenvalue weighted by molar-refractivity contribution is 7.93. The van der Waals surface area contributed by atoms with Gasteiger partial charge in [0.25, 0.3) is 0 Å². The van der Waals surface area contributed by atoms with Gasteiger partial charge in [0.05, 0.1) is 11.3 Å². The lowest BCUT2D eigenvalue weighted by molar-refractivity contribution is -0.137. The molecule has 1 aromatic carbocycles. The third kappa shape index (κ3) is 3.52. The minimum atomic E-state index is -4.35. The average molecular weight is 251 g/mol. The summed E-state index contributed by atoms with van der Waals surface area (Å²) in [7, 11) is -2.33. The van der Waals surface area contributed by atoms with Crippen molar-refractivity contribution in [2.45, 2.75) is 13.1 Å². The summed E-state index contributed by atoms with van der Waals surface area (Å²) in [5.41, 5.74) is -0.423. The van der Waals surface area contributed by atoms with E-state index < -0.39 is 21.5 Å². The number of rotatable bonds is 2. The van der Waals surface area contributed by atoms with Crippen molar-refractivity contribution in [3.63, 3.8) is 0 Å². The molecule has 0 fully saturated rings. The Balaban J connectivity index is 3.06. The Morgan fingerprint density at radius 3 is 2.12 bits per heavy atom. The lowest BCUT2D eigenvalue weighted by Gasteiger charge is -2.06. The highest BCUT2D eigenvalue weighted by atomic mass is 32.2. The molecule has 0 saturated heterocycles. The van der Waals surface area contributed by atoms with Crippen molar-refractivity contribution >= 4 is 15.4 Å². The first-order valence-corrected chi connectivity index (χ1v) is 6.71. The Morgan fingerprint density at radius 1 is 1.25 bits per heavy atom. The first-order valence-electron chi connectivity index (χ1n) is 4.62. The third-order valence-electron chi connectivity index (χ3n) is 2.03. The van der Waals surface area contributed by atoms with Crippen LogP contribution in [-0.2, 0) is 15.9 Å². The second-order valence-electron chi connectivity index (χ2n) is 3.38. The van der Waals surface area contributed by atoms with Crippen molar-refractivity contribution in [2.24, 2.45) is 4.36 Å². The van der Waals surface area contributed by atoms with Crippen LogP contribution in [0, 0.1) is 0 Å². The molecule has 1 aromatic rings. The van der Waals surface area contributed by atoms with Gasteiger partial charge < -0.3 is 0 Å². The lowest BCUT2D eigenvalue weighted by atomic mass is 10.2. The summed E-state index contributed by atoms with van der Waals surface area (Å²) in [5.74, 6) is 0.369. The number of alkyl halides is 3. The molecular weight excluding hydrogens is 239 g/mol. The molecule has 0 bridgehead atoms. The van der Waals surface area contributed by atoms with E-state index in [2.05, 4.69) is 4.36 Å². The van der Waals surface area contributed by atoms with E-state index in [1.54, 1.807) is 6.92 Å². The molecule has 1 atom stereocenters. The van der Waals surface area contributed by atoms with Gasteiger partial charge in [0.2, 0.25) is 0 Å². The van der Waals surface area contributed by atoms with Crippen molar-refractivity contribution in [3.8, 4) is 0 Å². The summed E-state index contributed by atoms with van der Waals surface area (Å²) in [6.07, 6.45) is -2.87. The SMILES string of the molecule is CCS(C)(=O)=Nc1ccc(C(F)(F)F)cc1. The van der Waals surface area contributed by atoms with E-state index in [1.165, 1.54) is 18.4 Å². The number of halogens is 3. The van der Waals surface area contributed by atoms with Crippen LogP contribution in [0.1, 0.15) is 12.5 Å². The molecule has 1 unspecified atom stereocenters. The number of hydrogen-bond donors (Lipinski definition) is 0. The summed E-state index contributed by atoms with van der Waals surface area (Å²) in [6.45, 7) is 1.72. The lowest BCUT2D eigenvalue weighted by Crippen LogP contribution is -2.03. The highest BCUT2D eigenvalue weighted by Gasteiger charge is 2.29. The van der Waals surface area contributed by atoms with Gasteiger partial charge in [-0.2, -0.15) is 17.5 Å². The topological polar surface area (TPSA) is 29.4 Å². The van der Waals surface area contributed by atoms with Crippen LogP contribution >= 0.6 is 0 Å². The van der Waals surface area contributed by atoms with Crippen LogP contribution < -0.4 is 0 Å². The highest BCUT2D eigenvalue weighted by Crippen LogP contribution is 2.30. The van der Waals surface area contributed by atoms with Crippen LogP contribution in [0.25, 0.3) is 0 Å². The molecule has 0 aliphatic rings. The molecule has 0 aliphatic carbocycles. The standard InChI is InChI=1S/C10H12F3NOS/c1-3-16(2,15)14-9-6-4-8(5-7-9)10(11,12)13/h4-7H,3H2,1-2H3. The van der Waals surface area contributed by atoms with Crippen molar-refractivity contribution in [3.05, 3.63) is 29.8 Å². The maximum atomic E-state index is 12.2. The number of benzene rings is 1. The molecule has 0 heterocycles. The van der Waals surface area contributed by atoms with Crippen LogP contribution in [0.2, 0.25) is 0 Å². The van der Waals surface area contributed by atoms with Gasteiger partial charge in [-0.25, -0.2) is 4.21 Å². The molecule has 90 valence electrons. The van der Waals surface area contributed by atoms with Gasteiger partial charge in [0, 0.05) is 21.7 Å². The first kappa shape index (κ1) is 13.0. The molecule has 0 aromatic heterocycles. The summed E-state index contributed by atoms with van der Waals surface area (Å²) in [4.78, 5) is 0. The maximum absolute atomic E-state index is 12.2. The van der Waals surface area contributed by atoms with Crippen LogP contribution in [0.4, 0.5) is 18.9 Å². The molecular formula is C10H12F3NOS. The van der Waals surface area contributed by atoms with E-state index in [0.29, 0.717) is 11.4 Å². The fourth-order valence-corrected chi connectivity index (χ4v) is 1.70. The van der Waals surface area contributed by atoms with Gasteiger partial charge >= 0.3 is 6.18 Å². The number of nitrogens with zero attached hydrogens (tertiary/aromatic N) is 1. The minimum absolute atomic E-state index is 0.308. The van der Waals surface area contributed by atoms with Crippen molar-refractivity contribution in [2.75, 3.05) is 12.0 Å². The molecule has 0 radical (unpaired) electrons. The summed E-state index contributed by atoms with van der Waals surface area (Å²) < 4.78 is 52.2. The second kappa shape index (κ2) is 4.45. The third-order valence-corrected chi connectivity index (χ3v) is 3.70. The normalized spacial score (nSPS) is 15.6. The molecule has 0 aliphatic heterocycles. The Kier molecular flexibility index (Phi) is 3.62. The maximum Gasteiger partial charge on any atom is 0.416 e. The predicted octanol–water partition coefficient (Wildman–Crippen LogP) is 3.45. The predicted molar refractivity (Wildman–Crippen MR) is 58.1 cm³/mol. The van der Waals surface area contributed by atoms with Gasteiger partial charge in [0.15, 0.2) is 0 Å². The minimum Gasteiger partial charge on any atom is -0.250 e. The largest absolute Gasteiger partial charge is 0.416 e. The van der Waals surface area contributed by atoms with Crippen LogP contribution in [0.15, 0.2) is 28.6 Å². The molecule has 0 amide bonds. The van der Waals surface area contributed by atoms with Gasteiger partial charge in [-0.15, -0.1) is 0 Å². The first-order chi connectivity index (χ1) is 7.24. The zero-order chi connectivity index (χ0) is 12.4. The number of hydrogen-bond acceptors (Lipinski definition) is 2. The zero-order valence-electron chi connectivity index (χ0n) is 8.91. The molecule has 1 rings (SSSR count). The van der Waals surface area contributed by atoms with E-state index in [-0.39, 0.29) is 0 Å². The molecule has 0 spiro atoms. The zero-order valence-corrected chi connectivity index (χ0v) is 9.73. The Hall–Kier alpha value is -1.04. The molecule has 16 heavy (non-hydrogen) atoms. The summed E-state index contributed by atoms with van der Waals surface area (Å²) >= 11 is 0. The fraction of sp³-hybridized carbons (Fsp3) is 0.400. The molecule has 0 N–H and O–H groups in total. The quantitative estimate of drug-likeness (QED) is 0.791. The van der Waals surface area contributed by atoms with Gasteiger partial charge in [-0.3, -0.25) is 0 Å². The molecule has 2 nitrogen and oxygen atoms in total. The molecule has 6 heteroatoms. The Morgan fingerprint density at radius 2 is 1.75 bits per heavy atom. The average Bonchev–Trinajstić information content (AvgIpc) is 2.16. The van der Waals surface area contributed by atoms with Crippen LogP contribution in [0.3, 0.4) is 0 Å². The van der Waals surface area contributed by atoms with Crippen molar-refractivity contribution in [1.29, 1.82) is 0 Å². The van der Waals surface area contributed by atoms with E-state index in [0.717, 1.165) is 12.1 Å². The van der Waals surface area contributed by atoms with Crippen molar-refractivity contribution < 1.29 is 17.4 Å². The summed E-state index contributed by atoms with van der Waals surface area (Å²) in [5, 5.41) is 0. The Labute approximate surface area is 92.7 Å². The van der Waals surface area contributed by atoms with Crippen molar-refractivity contribution in [1.82, 2.24) is 0 Å². The van der Waals surface area contributed by atoms with E-state index >= 15 is 0 Å². The van der Waals surface area contributed by atoms with Crippen LogP contribution in [0.5, 0.6) is 0 Å². The monoisotopic (exact) mass is 251 g/mol. The smallest absolute Gasteiger partial charge is 0.250 e. The van der Waals surface area contributed by atoms with E-state index in [4.69, 9.17) is 0 Å². The second-order valence-corrected chi connectivity index (χ2v) is 6.06. The van der Waals surface area contributed by atoms with Gasteiger partial charge in [-0.05, 0) is 24.3 Å². The van der Waals surface area contributed by atoms with Gasteiger partial charge in [-0.1, -0.05) is 6.92 Å². The van der Waals surface area contributed by atoms with Crippen LogP contribution in [-0.4, -0.2) is 16.2 Å².